The monoisotopic (exact) mass is 149 g/mol. The molecule has 0 aromatic heterocycles. The Balaban J connectivity index is -0.0000000600. The summed E-state index contributed by atoms with van der Waals surface area (Å²) in [5.41, 5.74) is 0. The summed E-state index contributed by atoms with van der Waals surface area (Å²) in [6, 6.07) is 0. The first kappa shape index (κ1) is 10.9. The summed E-state index contributed by atoms with van der Waals surface area (Å²) in [6.07, 6.45) is 0.770. The Morgan fingerprint density at radius 1 is 1.75 bits per heavy atom. The second-order valence-electron chi connectivity index (χ2n) is 0.602. The zero-order valence-corrected chi connectivity index (χ0v) is 5.97. The average Bonchev–Trinajstić information content (AvgIpc) is 1.30. The first-order valence-electron chi connectivity index (χ1n) is 1.11. The minimum absolute atomic E-state index is 0. The largest absolute Gasteiger partial charge is 2.00 e. The van der Waals surface area contributed by atoms with Crippen LogP contribution in [0.5, 0.6) is 0 Å². The molecule has 0 aliphatic rings. The molecule has 0 bridgehead atoms. The van der Waals surface area contributed by atoms with E-state index < -0.39 is 10.4 Å². The van der Waals surface area contributed by atoms with Crippen molar-refractivity contribution in [2.45, 2.75) is 0 Å². The van der Waals surface area contributed by atoms with Crippen LogP contribution in [-0.4, -0.2) is 36.0 Å². The summed E-state index contributed by atoms with van der Waals surface area (Å²) in [5.74, 6) is 0. The molecule has 0 atom stereocenters. The van der Waals surface area contributed by atoms with Gasteiger partial charge in [-0.15, -0.1) is 5.26 Å². The molecule has 8 heavy (non-hydrogen) atoms. The topological polar surface area (TPSA) is 87.4 Å². The van der Waals surface area contributed by atoms with Crippen LogP contribution in [0.25, 0.3) is 0 Å². The van der Waals surface area contributed by atoms with Gasteiger partial charge in [0.15, 0.2) is 0 Å². The van der Waals surface area contributed by atoms with Crippen LogP contribution >= 0.6 is 0 Å². The zero-order chi connectivity index (χ0) is 5.91. The quantitative estimate of drug-likeness (QED) is 0.297. The van der Waals surface area contributed by atoms with E-state index in [-0.39, 0.29) is 25.9 Å². The molecule has 0 amide bonds. The van der Waals surface area contributed by atoms with Crippen LogP contribution in [-0.2, 0) is 14.6 Å². The van der Waals surface area contributed by atoms with Crippen LogP contribution < -0.4 is 0 Å². The van der Waals surface area contributed by atoms with Crippen molar-refractivity contribution in [3.8, 4) is 6.26 Å². The van der Waals surface area contributed by atoms with Gasteiger partial charge in [0.05, 0.1) is 0 Å². The molecule has 0 aromatic rings. The van der Waals surface area contributed by atoms with Gasteiger partial charge in [0.25, 0.3) is 0 Å². The zero-order valence-electron chi connectivity index (χ0n) is 5.73. The predicted molar refractivity (Wildman–Crippen MR) is 26.2 cm³/mol. The Hall–Kier alpha value is -0.0338. The smallest absolute Gasteiger partial charge is 1.00 e. The summed E-state index contributed by atoms with van der Waals surface area (Å²) in [6.45, 7) is 0. The van der Waals surface area contributed by atoms with Gasteiger partial charge < -0.3 is 2.85 Å². The Labute approximate surface area is 65.3 Å². The van der Waals surface area contributed by atoms with E-state index in [0.29, 0.717) is 0 Å². The molecule has 0 aliphatic heterocycles. The third-order valence-electron chi connectivity index (χ3n) is 0.143. The molecular weight excluding hydrogens is 146 g/mol. The fraction of sp³-hybridized carbons (Fsp3) is 0. The van der Waals surface area contributed by atoms with Gasteiger partial charge in [-0.2, -0.15) is 8.42 Å². The first-order valence-corrected chi connectivity index (χ1v) is 2.48. The summed E-state index contributed by atoms with van der Waals surface area (Å²) < 4.78 is 29.3. The van der Waals surface area contributed by atoms with Gasteiger partial charge in [0, 0.05) is 0 Å². The summed E-state index contributed by atoms with van der Waals surface area (Å²) in [4.78, 5) is 0. The van der Waals surface area contributed by atoms with Crippen molar-refractivity contribution in [2.24, 2.45) is 0 Å². The Morgan fingerprint density at radius 2 is 2.12 bits per heavy atom. The Kier molecular flexibility index (Phi) is 5.30. The SMILES string of the molecule is N#COS(=O)(=O)O.[H-].[H-].[Mg+2]. The van der Waals surface area contributed by atoms with Gasteiger partial charge in [-0.3, -0.25) is 8.74 Å². The molecule has 0 fully saturated rings. The van der Waals surface area contributed by atoms with E-state index in [2.05, 4.69) is 4.18 Å². The molecule has 0 rings (SSSR count). The van der Waals surface area contributed by atoms with E-state index in [1.54, 1.807) is 0 Å². The number of hydrogen-bond acceptors (Lipinski definition) is 4. The van der Waals surface area contributed by atoms with E-state index in [1.165, 1.54) is 0 Å². The fourth-order valence-corrected chi connectivity index (χ4v) is 0.141. The molecule has 0 saturated heterocycles. The van der Waals surface area contributed by atoms with Gasteiger partial charge in [-0.25, -0.2) is 0 Å². The van der Waals surface area contributed by atoms with Crippen LogP contribution in [0.2, 0.25) is 0 Å². The van der Waals surface area contributed by atoms with Gasteiger partial charge in [0.1, 0.15) is 0 Å². The standard InChI is InChI=1S/CHNO4S.Mg.2H/c2-1-6-7(3,4)5;;;/h(H,3,4,5);;;/q;+2;2*-1. The Bertz CT molecular complexity index is 184. The van der Waals surface area contributed by atoms with E-state index in [1.807, 2.05) is 0 Å². The predicted octanol–water partition coefficient (Wildman–Crippen LogP) is -0.869. The third kappa shape index (κ3) is 9.35. The molecule has 5 nitrogen and oxygen atoms in total. The van der Waals surface area contributed by atoms with Gasteiger partial charge in [-0.1, -0.05) is 0 Å². The third-order valence-corrected chi connectivity index (χ3v) is 0.428. The van der Waals surface area contributed by atoms with E-state index in [0.717, 1.165) is 6.26 Å². The van der Waals surface area contributed by atoms with Gasteiger partial charge in [0.2, 0.25) is 0 Å². The molecule has 0 radical (unpaired) electrons. The number of nitriles is 1. The van der Waals surface area contributed by atoms with Crippen LogP contribution in [0, 0.1) is 11.5 Å². The maximum atomic E-state index is 9.34. The maximum Gasteiger partial charge on any atom is 2.00 e. The molecule has 0 aromatic carbocycles. The molecular formula is CH3MgNO4S. The maximum absolute atomic E-state index is 9.34. The molecule has 7 heteroatoms. The van der Waals surface area contributed by atoms with Crippen LogP contribution in [0.1, 0.15) is 2.85 Å². The summed E-state index contributed by atoms with van der Waals surface area (Å²) >= 11 is 0. The van der Waals surface area contributed by atoms with E-state index in [4.69, 9.17) is 9.81 Å². The first-order chi connectivity index (χ1) is 3.06. The van der Waals surface area contributed by atoms with Gasteiger partial charge in [-0.05, 0) is 0 Å². The van der Waals surface area contributed by atoms with Crippen LogP contribution in [0.3, 0.4) is 0 Å². The molecule has 1 N–H and O–H groups in total. The molecule has 0 saturated carbocycles. The van der Waals surface area contributed by atoms with E-state index in [9.17, 15) is 8.42 Å². The average molecular weight is 149 g/mol. The second kappa shape index (κ2) is 3.91. The second-order valence-corrected chi connectivity index (χ2v) is 1.62. The number of rotatable bonds is 1. The fourth-order valence-electron chi connectivity index (χ4n) is 0.0471. The summed E-state index contributed by atoms with van der Waals surface area (Å²) in [5, 5.41) is 7.39. The van der Waals surface area contributed by atoms with Crippen molar-refractivity contribution < 1.29 is 20.0 Å². The minimum Gasteiger partial charge on any atom is -1.00 e. The molecule has 0 spiro atoms. The molecule has 0 unspecified atom stereocenters. The van der Waals surface area contributed by atoms with Crippen molar-refractivity contribution in [1.82, 2.24) is 0 Å². The van der Waals surface area contributed by atoms with Gasteiger partial charge >= 0.3 is 39.7 Å². The molecule has 44 valence electrons. The van der Waals surface area contributed by atoms with Crippen molar-refractivity contribution in [3.05, 3.63) is 0 Å². The van der Waals surface area contributed by atoms with Crippen molar-refractivity contribution in [3.63, 3.8) is 0 Å². The van der Waals surface area contributed by atoms with Crippen molar-refractivity contribution in [2.75, 3.05) is 0 Å². The summed E-state index contributed by atoms with van der Waals surface area (Å²) in [7, 11) is -4.54. The van der Waals surface area contributed by atoms with Crippen LogP contribution in [0.4, 0.5) is 0 Å². The van der Waals surface area contributed by atoms with Crippen LogP contribution in [0.15, 0.2) is 0 Å². The molecule has 0 aliphatic carbocycles. The number of hydrogen-bond donors (Lipinski definition) is 1. The minimum atomic E-state index is -4.54. The van der Waals surface area contributed by atoms with Crippen molar-refractivity contribution >= 4 is 33.5 Å². The Morgan fingerprint density at radius 3 is 2.12 bits per heavy atom. The molecule has 0 heterocycles. The number of nitrogens with zero attached hydrogens (tertiary/aromatic N) is 1. The van der Waals surface area contributed by atoms with Crippen molar-refractivity contribution in [1.29, 1.82) is 5.26 Å². The normalized spacial score (nSPS) is 8.50. The van der Waals surface area contributed by atoms with E-state index >= 15 is 0 Å².